The molecule has 3 nitrogen and oxygen atoms in total. The normalized spacial score (nSPS) is 12.6. The lowest BCUT2D eigenvalue weighted by atomic mass is 10.1. The molecule has 0 fully saturated rings. The number of amides is 1. The van der Waals surface area contributed by atoms with Gasteiger partial charge in [-0.05, 0) is 19.8 Å². The number of rotatable bonds is 6. The number of carbonyl (C=O) groups is 1. The summed E-state index contributed by atoms with van der Waals surface area (Å²) in [7, 11) is 0. The monoisotopic (exact) mass is 144 g/mol. The molecule has 0 aliphatic rings. The van der Waals surface area contributed by atoms with Crippen LogP contribution in [-0.4, -0.2) is 19.0 Å². The summed E-state index contributed by atoms with van der Waals surface area (Å²) < 4.78 is 0. The third kappa shape index (κ3) is 7.43. The van der Waals surface area contributed by atoms with Crippen LogP contribution < -0.4 is 11.1 Å². The van der Waals surface area contributed by atoms with Gasteiger partial charge in [-0.25, -0.2) is 0 Å². The van der Waals surface area contributed by atoms with Crippen molar-refractivity contribution < 1.29 is 4.79 Å². The topological polar surface area (TPSA) is 55.1 Å². The highest BCUT2D eigenvalue weighted by Gasteiger charge is 1.92. The van der Waals surface area contributed by atoms with Crippen molar-refractivity contribution in [2.75, 3.05) is 6.54 Å². The molecule has 0 heterocycles. The molecule has 0 bridgehead atoms. The van der Waals surface area contributed by atoms with Gasteiger partial charge in [0.25, 0.3) is 0 Å². The first-order chi connectivity index (χ1) is 4.77. The van der Waals surface area contributed by atoms with Gasteiger partial charge in [-0.1, -0.05) is 6.42 Å². The first-order valence-electron chi connectivity index (χ1n) is 3.70. The largest absolute Gasteiger partial charge is 0.359 e. The van der Waals surface area contributed by atoms with Crippen LogP contribution in [0.25, 0.3) is 0 Å². The highest BCUT2D eigenvalue weighted by molar-refractivity contribution is 5.45. The molecule has 1 unspecified atom stereocenters. The van der Waals surface area contributed by atoms with Gasteiger partial charge in [0.15, 0.2) is 0 Å². The number of unbranched alkanes of at least 4 members (excludes halogenated alkanes) is 1. The second-order valence-corrected chi connectivity index (χ2v) is 2.55. The Morgan fingerprint density at radius 2 is 2.30 bits per heavy atom. The van der Waals surface area contributed by atoms with Gasteiger partial charge in [0, 0.05) is 12.6 Å². The minimum atomic E-state index is 0.288. The predicted molar refractivity (Wildman–Crippen MR) is 41.6 cm³/mol. The number of hydrogen-bond acceptors (Lipinski definition) is 2. The summed E-state index contributed by atoms with van der Waals surface area (Å²) in [4.78, 5) is 9.77. The van der Waals surface area contributed by atoms with Crippen LogP contribution in [0, 0.1) is 0 Å². The summed E-state index contributed by atoms with van der Waals surface area (Å²) in [6, 6.07) is 0.288. The molecule has 10 heavy (non-hydrogen) atoms. The van der Waals surface area contributed by atoms with Gasteiger partial charge in [-0.3, -0.25) is 4.79 Å². The fraction of sp³-hybridized carbons (Fsp3) is 0.857. The van der Waals surface area contributed by atoms with Crippen molar-refractivity contribution in [1.82, 2.24) is 5.32 Å². The molecule has 0 aromatic heterocycles. The fourth-order valence-electron chi connectivity index (χ4n) is 0.752. The Morgan fingerprint density at radius 3 is 2.80 bits per heavy atom. The average Bonchev–Trinajstić information content (AvgIpc) is 1.87. The van der Waals surface area contributed by atoms with Gasteiger partial charge in [-0.15, -0.1) is 0 Å². The maximum Gasteiger partial charge on any atom is 0.207 e. The Hall–Kier alpha value is -0.570. The van der Waals surface area contributed by atoms with E-state index in [0.717, 1.165) is 32.2 Å². The summed E-state index contributed by atoms with van der Waals surface area (Å²) >= 11 is 0. The Bertz CT molecular complexity index is 83.7. The Morgan fingerprint density at radius 1 is 1.60 bits per heavy atom. The second-order valence-electron chi connectivity index (χ2n) is 2.55. The summed E-state index contributed by atoms with van der Waals surface area (Å²) in [5.74, 6) is 0. The van der Waals surface area contributed by atoms with Crippen molar-refractivity contribution in [2.45, 2.75) is 32.2 Å². The molecule has 0 aromatic carbocycles. The lowest BCUT2D eigenvalue weighted by Gasteiger charge is -2.02. The van der Waals surface area contributed by atoms with E-state index in [2.05, 4.69) is 5.32 Å². The first kappa shape index (κ1) is 9.43. The van der Waals surface area contributed by atoms with E-state index in [-0.39, 0.29) is 6.04 Å². The molecule has 0 saturated heterocycles. The standard InChI is InChI=1S/C7H16N2O/c1-7(8)4-2-3-5-9-6-10/h6-7H,2-5,8H2,1H3,(H,9,10). The molecule has 60 valence electrons. The smallest absolute Gasteiger partial charge is 0.207 e. The van der Waals surface area contributed by atoms with Gasteiger partial charge in [0.2, 0.25) is 6.41 Å². The average molecular weight is 144 g/mol. The van der Waals surface area contributed by atoms with E-state index < -0.39 is 0 Å². The third-order valence-corrected chi connectivity index (χ3v) is 1.31. The molecule has 0 spiro atoms. The molecule has 0 saturated carbocycles. The highest BCUT2D eigenvalue weighted by atomic mass is 16.1. The zero-order chi connectivity index (χ0) is 7.82. The van der Waals surface area contributed by atoms with Crippen LogP contribution in [0.3, 0.4) is 0 Å². The lowest BCUT2D eigenvalue weighted by Crippen LogP contribution is -2.16. The number of nitrogens with one attached hydrogen (secondary N) is 1. The van der Waals surface area contributed by atoms with Crippen LogP contribution in [0.15, 0.2) is 0 Å². The summed E-state index contributed by atoms with van der Waals surface area (Å²) in [6.45, 7) is 2.77. The van der Waals surface area contributed by atoms with Crippen molar-refractivity contribution in [3.63, 3.8) is 0 Å². The molecule has 0 rings (SSSR count). The van der Waals surface area contributed by atoms with Crippen molar-refractivity contribution in [2.24, 2.45) is 5.73 Å². The van der Waals surface area contributed by atoms with Crippen molar-refractivity contribution in [1.29, 1.82) is 0 Å². The van der Waals surface area contributed by atoms with Gasteiger partial charge >= 0.3 is 0 Å². The van der Waals surface area contributed by atoms with Crippen LogP contribution in [0.2, 0.25) is 0 Å². The first-order valence-corrected chi connectivity index (χ1v) is 3.70. The third-order valence-electron chi connectivity index (χ3n) is 1.31. The molecule has 1 amide bonds. The zero-order valence-corrected chi connectivity index (χ0v) is 6.47. The van der Waals surface area contributed by atoms with Crippen LogP contribution in [0.4, 0.5) is 0 Å². The Kier molecular flexibility index (Phi) is 6.18. The maximum atomic E-state index is 9.77. The number of nitrogens with two attached hydrogens (primary N) is 1. The van der Waals surface area contributed by atoms with Crippen molar-refractivity contribution in [3.8, 4) is 0 Å². The molecule has 0 aliphatic heterocycles. The zero-order valence-electron chi connectivity index (χ0n) is 6.47. The summed E-state index contributed by atoms with van der Waals surface area (Å²) in [5.41, 5.74) is 5.52. The van der Waals surface area contributed by atoms with E-state index in [4.69, 9.17) is 5.73 Å². The number of carbonyl (C=O) groups excluding carboxylic acids is 1. The SMILES string of the molecule is CC(N)CCCCNC=O. The molecule has 0 aromatic rings. The van der Waals surface area contributed by atoms with E-state index in [9.17, 15) is 4.79 Å². The van der Waals surface area contributed by atoms with Crippen molar-refractivity contribution in [3.05, 3.63) is 0 Å². The minimum Gasteiger partial charge on any atom is -0.359 e. The Balaban J connectivity index is 2.83. The molecular formula is C7H16N2O. The van der Waals surface area contributed by atoms with Gasteiger partial charge in [-0.2, -0.15) is 0 Å². The fourth-order valence-corrected chi connectivity index (χ4v) is 0.752. The molecule has 3 N–H and O–H groups in total. The van der Waals surface area contributed by atoms with Gasteiger partial charge < -0.3 is 11.1 Å². The van der Waals surface area contributed by atoms with Crippen LogP contribution >= 0.6 is 0 Å². The lowest BCUT2D eigenvalue weighted by molar-refractivity contribution is -0.109. The summed E-state index contributed by atoms with van der Waals surface area (Å²) in [5, 5.41) is 2.60. The van der Waals surface area contributed by atoms with E-state index in [1.807, 2.05) is 6.92 Å². The van der Waals surface area contributed by atoms with E-state index in [1.165, 1.54) is 0 Å². The predicted octanol–water partition coefficient (Wildman–Crippen LogP) is 0.250. The molecule has 0 aliphatic carbocycles. The molecule has 0 radical (unpaired) electrons. The van der Waals surface area contributed by atoms with E-state index in [0.29, 0.717) is 0 Å². The molecule has 1 atom stereocenters. The molecule has 3 heteroatoms. The van der Waals surface area contributed by atoms with Crippen LogP contribution in [-0.2, 0) is 4.79 Å². The summed E-state index contributed by atoms with van der Waals surface area (Å²) in [6.07, 6.45) is 3.89. The molecular weight excluding hydrogens is 128 g/mol. The number of hydrogen-bond donors (Lipinski definition) is 2. The van der Waals surface area contributed by atoms with Gasteiger partial charge in [0.1, 0.15) is 0 Å². The van der Waals surface area contributed by atoms with Crippen LogP contribution in [0.1, 0.15) is 26.2 Å². The maximum absolute atomic E-state index is 9.77. The quantitative estimate of drug-likeness (QED) is 0.415. The van der Waals surface area contributed by atoms with Crippen molar-refractivity contribution >= 4 is 6.41 Å². The van der Waals surface area contributed by atoms with E-state index in [1.54, 1.807) is 0 Å². The van der Waals surface area contributed by atoms with E-state index >= 15 is 0 Å². The minimum absolute atomic E-state index is 0.288. The van der Waals surface area contributed by atoms with Crippen LogP contribution in [0.5, 0.6) is 0 Å². The Labute approximate surface area is 62.0 Å². The second kappa shape index (κ2) is 6.55. The van der Waals surface area contributed by atoms with Gasteiger partial charge in [0.05, 0.1) is 0 Å². The highest BCUT2D eigenvalue weighted by Crippen LogP contribution is 1.95.